The molecular weight excluding hydrogens is 392 g/mol. The summed E-state index contributed by atoms with van der Waals surface area (Å²) in [5.74, 6) is 1.46. The molecule has 0 bridgehead atoms. The third-order valence-electron chi connectivity index (χ3n) is 5.74. The van der Waals surface area contributed by atoms with Crippen molar-refractivity contribution in [2.75, 3.05) is 7.11 Å². The summed E-state index contributed by atoms with van der Waals surface area (Å²) in [5, 5.41) is 0. The summed E-state index contributed by atoms with van der Waals surface area (Å²) in [6.07, 6.45) is 6.86. The molecule has 1 aromatic heterocycles. The third kappa shape index (κ3) is 4.68. The molecule has 0 radical (unpaired) electrons. The molecule has 0 unspecified atom stereocenters. The van der Waals surface area contributed by atoms with Crippen LogP contribution in [0.25, 0.3) is 0 Å². The molecule has 1 aliphatic carbocycles. The Hall–Kier alpha value is -3.41. The number of ether oxygens (including phenoxy) is 3. The lowest BCUT2D eigenvalue weighted by Crippen LogP contribution is -2.24. The summed E-state index contributed by atoms with van der Waals surface area (Å²) >= 11 is 0. The molecule has 2 aromatic carbocycles. The smallest absolute Gasteiger partial charge is 0.376 e. The molecule has 0 N–H and O–H groups in total. The number of hydrogen-bond acceptors (Lipinski definition) is 6. The zero-order valence-electron chi connectivity index (χ0n) is 18.0. The van der Waals surface area contributed by atoms with Crippen molar-refractivity contribution in [3.63, 3.8) is 0 Å². The molecular formula is C25H26N2O4. The van der Waals surface area contributed by atoms with Gasteiger partial charge in [0.25, 0.3) is 0 Å². The summed E-state index contributed by atoms with van der Waals surface area (Å²) in [5.41, 5.74) is 2.22. The highest BCUT2D eigenvalue weighted by Crippen LogP contribution is 2.34. The Morgan fingerprint density at radius 1 is 0.871 bits per heavy atom. The average Bonchev–Trinajstić information content (AvgIpc) is 2.77. The van der Waals surface area contributed by atoms with Crippen LogP contribution in [0.3, 0.4) is 0 Å². The molecule has 0 amide bonds. The van der Waals surface area contributed by atoms with E-state index in [0.29, 0.717) is 17.6 Å². The Bertz CT molecular complexity index is 1020. The van der Waals surface area contributed by atoms with Crippen LogP contribution in [0.4, 0.5) is 0 Å². The van der Waals surface area contributed by atoms with Gasteiger partial charge in [0.1, 0.15) is 11.5 Å². The van der Waals surface area contributed by atoms with Crippen molar-refractivity contribution in [2.24, 2.45) is 0 Å². The van der Waals surface area contributed by atoms with Crippen molar-refractivity contribution < 1.29 is 19.0 Å². The van der Waals surface area contributed by atoms with Crippen molar-refractivity contribution in [2.45, 2.75) is 44.6 Å². The van der Waals surface area contributed by atoms with E-state index in [1.165, 1.54) is 37.1 Å². The molecule has 0 spiro atoms. The molecule has 3 aromatic rings. The second-order valence-corrected chi connectivity index (χ2v) is 8.18. The predicted molar refractivity (Wildman–Crippen MR) is 117 cm³/mol. The van der Waals surface area contributed by atoms with Crippen LogP contribution in [0.5, 0.6) is 17.2 Å². The first-order valence-corrected chi connectivity index (χ1v) is 10.4. The first kappa shape index (κ1) is 20.8. The average molecular weight is 418 g/mol. The lowest BCUT2D eigenvalue weighted by molar-refractivity contribution is 0.0586. The molecule has 160 valence electrons. The van der Waals surface area contributed by atoms with Crippen LogP contribution >= 0.6 is 0 Å². The second-order valence-electron chi connectivity index (χ2n) is 8.18. The Morgan fingerprint density at radius 2 is 1.42 bits per heavy atom. The van der Waals surface area contributed by atoms with Gasteiger partial charge in [-0.05, 0) is 54.7 Å². The zero-order chi connectivity index (χ0) is 21.8. The fraction of sp³-hybridized carbons (Fsp3) is 0.320. The molecule has 6 heteroatoms. The summed E-state index contributed by atoms with van der Waals surface area (Å²) in [6.45, 7) is 4.40. The summed E-state index contributed by atoms with van der Waals surface area (Å²) < 4.78 is 16.4. The number of aromatic nitrogens is 2. The van der Waals surface area contributed by atoms with E-state index in [9.17, 15) is 4.79 Å². The maximum absolute atomic E-state index is 11.4. The number of carbonyl (C=O) groups excluding carboxylic acids is 1. The largest absolute Gasteiger partial charge is 0.490 e. The van der Waals surface area contributed by atoms with Crippen LogP contribution < -0.4 is 9.47 Å². The SMILES string of the molecule is COC(=O)c1ncc(Oc2ccc(C(C)(C)c3ccc(OC4CCC4)cc3)cc2)cn1. The van der Waals surface area contributed by atoms with Gasteiger partial charge >= 0.3 is 5.97 Å². The fourth-order valence-electron chi connectivity index (χ4n) is 3.44. The van der Waals surface area contributed by atoms with Crippen LogP contribution in [0, 0.1) is 0 Å². The number of hydrogen-bond donors (Lipinski definition) is 0. The minimum absolute atomic E-state index is 0.00365. The maximum atomic E-state index is 11.4. The van der Waals surface area contributed by atoms with Gasteiger partial charge in [0.05, 0.1) is 25.6 Å². The Labute approximate surface area is 182 Å². The van der Waals surface area contributed by atoms with Gasteiger partial charge in [-0.25, -0.2) is 14.8 Å². The lowest BCUT2D eigenvalue weighted by atomic mass is 9.78. The van der Waals surface area contributed by atoms with E-state index >= 15 is 0 Å². The molecule has 4 rings (SSSR count). The highest BCUT2D eigenvalue weighted by Gasteiger charge is 2.24. The molecule has 1 saturated carbocycles. The van der Waals surface area contributed by atoms with E-state index in [-0.39, 0.29) is 11.2 Å². The maximum Gasteiger partial charge on any atom is 0.376 e. The molecule has 1 fully saturated rings. The highest BCUT2D eigenvalue weighted by molar-refractivity contribution is 5.84. The second kappa shape index (κ2) is 8.76. The standard InChI is InChI=1S/C25H26N2O4/c1-25(2,17-7-11-20(12-8-17)30-19-5-4-6-19)18-9-13-21(14-10-18)31-22-15-26-23(27-16-22)24(28)29-3/h7-16,19H,4-6H2,1-3H3. The van der Waals surface area contributed by atoms with E-state index in [0.717, 1.165) is 18.6 Å². The molecule has 0 aliphatic heterocycles. The number of rotatable bonds is 7. The van der Waals surface area contributed by atoms with Gasteiger partial charge in [-0.3, -0.25) is 0 Å². The van der Waals surface area contributed by atoms with Gasteiger partial charge in [0.15, 0.2) is 5.75 Å². The normalized spacial score (nSPS) is 13.9. The van der Waals surface area contributed by atoms with Crippen molar-refractivity contribution in [3.05, 3.63) is 77.9 Å². The molecule has 1 heterocycles. The molecule has 0 saturated heterocycles. The Balaban J connectivity index is 1.43. The van der Waals surface area contributed by atoms with E-state index in [2.05, 4.69) is 65.0 Å². The summed E-state index contributed by atoms with van der Waals surface area (Å²) in [7, 11) is 1.29. The Morgan fingerprint density at radius 3 is 1.90 bits per heavy atom. The summed E-state index contributed by atoms with van der Waals surface area (Å²) in [6, 6.07) is 16.3. The number of esters is 1. The van der Waals surface area contributed by atoms with Crippen molar-refractivity contribution in [3.8, 4) is 17.2 Å². The number of methoxy groups -OCH3 is 1. The van der Waals surface area contributed by atoms with Gasteiger partial charge in [-0.2, -0.15) is 0 Å². The molecule has 31 heavy (non-hydrogen) atoms. The number of nitrogens with zero attached hydrogens (tertiary/aromatic N) is 2. The van der Waals surface area contributed by atoms with Crippen LogP contribution in [0.15, 0.2) is 60.9 Å². The molecule has 6 nitrogen and oxygen atoms in total. The molecule has 1 aliphatic rings. The van der Waals surface area contributed by atoms with Crippen molar-refractivity contribution >= 4 is 5.97 Å². The summed E-state index contributed by atoms with van der Waals surface area (Å²) in [4.78, 5) is 19.3. The zero-order valence-corrected chi connectivity index (χ0v) is 18.0. The van der Waals surface area contributed by atoms with Crippen LogP contribution in [-0.2, 0) is 10.2 Å². The van der Waals surface area contributed by atoms with Crippen molar-refractivity contribution in [1.82, 2.24) is 9.97 Å². The van der Waals surface area contributed by atoms with Crippen LogP contribution in [-0.4, -0.2) is 29.2 Å². The molecule has 0 atom stereocenters. The fourth-order valence-corrected chi connectivity index (χ4v) is 3.44. The van der Waals surface area contributed by atoms with Gasteiger partial charge in [-0.15, -0.1) is 0 Å². The van der Waals surface area contributed by atoms with E-state index < -0.39 is 5.97 Å². The van der Waals surface area contributed by atoms with E-state index in [1.54, 1.807) is 0 Å². The minimum Gasteiger partial charge on any atom is -0.490 e. The van der Waals surface area contributed by atoms with Crippen molar-refractivity contribution in [1.29, 1.82) is 0 Å². The highest BCUT2D eigenvalue weighted by atomic mass is 16.5. The van der Waals surface area contributed by atoms with E-state index in [1.807, 2.05) is 12.1 Å². The lowest BCUT2D eigenvalue weighted by Gasteiger charge is -2.28. The van der Waals surface area contributed by atoms with Gasteiger partial charge < -0.3 is 14.2 Å². The van der Waals surface area contributed by atoms with Gasteiger partial charge in [0.2, 0.25) is 5.82 Å². The van der Waals surface area contributed by atoms with Gasteiger partial charge in [0, 0.05) is 5.41 Å². The minimum atomic E-state index is -0.583. The first-order valence-electron chi connectivity index (χ1n) is 10.4. The number of benzene rings is 2. The topological polar surface area (TPSA) is 70.5 Å². The predicted octanol–water partition coefficient (Wildman–Crippen LogP) is 5.31. The Kier molecular flexibility index (Phi) is 5.89. The third-order valence-corrected chi connectivity index (χ3v) is 5.74. The first-order chi connectivity index (χ1) is 15.0. The van der Waals surface area contributed by atoms with Gasteiger partial charge in [-0.1, -0.05) is 38.1 Å². The number of carbonyl (C=O) groups is 1. The van der Waals surface area contributed by atoms with Crippen LogP contribution in [0.1, 0.15) is 54.9 Å². The van der Waals surface area contributed by atoms with E-state index in [4.69, 9.17) is 9.47 Å². The monoisotopic (exact) mass is 418 g/mol. The quantitative estimate of drug-likeness (QED) is 0.484. The van der Waals surface area contributed by atoms with Crippen LogP contribution in [0.2, 0.25) is 0 Å².